The van der Waals surface area contributed by atoms with E-state index in [1.165, 1.54) is 12.6 Å². The van der Waals surface area contributed by atoms with Crippen molar-refractivity contribution in [2.24, 2.45) is 0 Å². The van der Waals surface area contributed by atoms with Crippen LogP contribution >= 0.6 is 0 Å². The van der Waals surface area contributed by atoms with Crippen molar-refractivity contribution in [3.05, 3.63) is 0 Å². The molecule has 0 amide bonds. The molecule has 0 saturated heterocycles. The minimum absolute atomic E-state index is 0.265. The van der Waals surface area contributed by atoms with Crippen molar-refractivity contribution in [3.8, 4) is 0 Å². The lowest BCUT2D eigenvalue weighted by Crippen LogP contribution is -2.17. The smallest absolute Gasteiger partial charge is 0.0318 e. The number of nitrogens with one attached hydrogen (secondary N) is 1. The first-order chi connectivity index (χ1) is 3.77. The van der Waals surface area contributed by atoms with Crippen molar-refractivity contribution < 1.29 is 0 Å². The van der Waals surface area contributed by atoms with Gasteiger partial charge in [-0.3, -0.25) is 0 Å². The summed E-state index contributed by atoms with van der Waals surface area (Å²) in [7, 11) is -0.265. The molecule has 2 heteroatoms. The second-order valence-corrected chi connectivity index (χ2v) is 5.90. The molecular weight excluding hydrogens is 114 g/mol. The third kappa shape index (κ3) is 6.18. The quantitative estimate of drug-likeness (QED) is 0.445. The van der Waals surface area contributed by atoms with E-state index in [1.54, 1.807) is 0 Å². The summed E-state index contributed by atoms with van der Waals surface area (Å²) in [5.41, 5.74) is 0. The lowest BCUT2D eigenvalue weighted by molar-refractivity contribution is 0.758. The Morgan fingerprint density at radius 1 is 1.38 bits per heavy atom. The van der Waals surface area contributed by atoms with Gasteiger partial charge >= 0.3 is 0 Å². The average Bonchev–Trinajstić information content (AvgIpc) is 1.66. The van der Waals surface area contributed by atoms with Gasteiger partial charge in [0.15, 0.2) is 0 Å². The molecule has 8 heavy (non-hydrogen) atoms. The molecule has 1 nitrogen and oxygen atoms in total. The van der Waals surface area contributed by atoms with Gasteiger partial charge in [0.2, 0.25) is 0 Å². The van der Waals surface area contributed by atoms with Gasteiger partial charge in [-0.15, -0.1) is 0 Å². The third-order valence-electron chi connectivity index (χ3n) is 1.15. The predicted molar refractivity (Wildman–Crippen MR) is 42.2 cm³/mol. The Labute approximate surface area is 54.1 Å². The zero-order valence-electron chi connectivity index (χ0n) is 6.20. The number of hydrogen-bond donors (Lipinski definition) is 1. The standard InChI is InChI=1S/C6H17NSi/c1-4-7-5-6-8(2)3/h7-8H,4-6H2,1-3H3. The molecule has 0 atom stereocenters. The highest BCUT2D eigenvalue weighted by Crippen LogP contribution is 1.86. The van der Waals surface area contributed by atoms with Gasteiger partial charge in [0.1, 0.15) is 0 Å². The summed E-state index contributed by atoms with van der Waals surface area (Å²) in [5, 5.41) is 3.31. The molecule has 0 aromatic rings. The highest BCUT2D eigenvalue weighted by atomic mass is 28.3. The summed E-state index contributed by atoms with van der Waals surface area (Å²) in [6, 6.07) is 1.44. The van der Waals surface area contributed by atoms with Crippen molar-refractivity contribution in [2.45, 2.75) is 26.1 Å². The zero-order chi connectivity index (χ0) is 6.41. The number of rotatable bonds is 4. The minimum Gasteiger partial charge on any atom is -0.317 e. The van der Waals surface area contributed by atoms with E-state index in [4.69, 9.17) is 0 Å². The lowest BCUT2D eigenvalue weighted by Gasteiger charge is -2.01. The predicted octanol–water partition coefficient (Wildman–Crippen LogP) is 1.08. The summed E-state index contributed by atoms with van der Waals surface area (Å²) in [4.78, 5) is 0. The molecule has 0 aromatic carbocycles. The highest BCUT2D eigenvalue weighted by molar-refractivity contribution is 6.55. The molecule has 0 unspecified atom stereocenters. The summed E-state index contributed by atoms with van der Waals surface area (Å²) >= 11 is 0. The summed E-state index contributed by atoms with van der Waals surface area (Å²) in [6.45, 7) is 9.29. The van der Waals surface area contributed by atoms with E-state index in [0.29, 0.717) is 0 Å². The van der Waals surface area contributed by atoms with Crippen LogP contribution in [0.5, 0.6) is 0 Å². The lowest BCUT2D eigenvalue weighted by atomic mass is 10.7. The third-order valence-corrected chi connectivity index (χ3v) is 2.59. The van der Waals surface area contributed by atoms with E-state index < -0.39 is 0 Å². The van der Waals surface area contributed by atoms with Gasteiger partial charge in [0, 0.05) is 8.80 Å². The van der Waals surface area contributed by atoms with Gasteiger partial charge in [0.05, 0.1) is 0 Å². The molecule has 1 N–H and O–H groups in total. The molecule has 0 aliphatic rings. The van der Waals surface area contributed by atoms with Crippen LogP contribution < -0.4 is 5.32 Å². The molecule has 0 heterocycles. The maximum Gasteiger partial charge on any atom is 0.0318 e. The maximum absolute atomic E-state index is 3.31. The van der Waals surface area contributed by atoms with Gasteiger partial charge in [0.25, 0.3) is 0 Å². The van der Waals surface area contributed by atoms with Gasteiger partial charge in [-0.05, 0) is 19.1 Å². The fourth-order valence-electron chi connectivity index (χ4n) is 0.568. The van der Waals surface area contributed by atoms with E-state index in [1.807, 2.05) is 0 Å². The fourth-order valence-corrected chi connectivity index (χ4v) is 1.35. The molecule has 0 rings (SSSR count). The van der Waals surface area contributed by atoms with Crippen LogP contribution in [0.1, 0.15) is 6.92 Å². The van der Waals surface area contributed by atoms with Crippen molar-refractivity contribution in [2.75, 3.05) is 13.1 Å². The van der Waals surface area contributed by atoms with E-state index in [9.17, 15) is 0 Å². The first-order valence-corrected chi connectivity index (χ1v) is 6.60. The van der Waals surface area contributed by atoms with E-state index in [2.05, 4.69) is 25.3 Å². The number of hydrogen-bond acceptors (Lipinski definition) is 1. The van der Waals surface area contributed by atoms with Gasteiger partial charge in [-0.2, -0.15) is 0 Å². The molecular formula is C6H17NSi. The van der Waals surface area contributed by atoms with Crippen LogP contribution in [0.25, 0.3) is 0 Å². The Hall–Kier alpha value is 0.177. The first-order valence-electron chi connectivity index (χ1n) is 3.48. The normalized spacial score (nSPS) is 10.5. The average molecular weight is 131 g/mol. The maximum atomic E-state index is 3.31. The molecule has 0 aliphatic carbocycles. The van der Waals surface area contributed by atoms with Crippen LogP contribution in [0.4, 0.5) is 0 Å². The molecule has 0 spiro atoms. The van der Waals surface area contributed by atoms with Crippen LogP contribution in [0.3, 0.4) is 0 Å². The summed E-state index contributed by atoms with van der Waals surface area (Å²) < 4.78 is 0. The molecule has 0 saturated carbocycles. The Bertz CT molecular complexity index is 45.8. The SMILES string of the molecule is CCNCC[SiH](C)C. The Balaban J connectivity index is 2.72. The van der Waals surface area contributed by atoms with Gasteiger partial charge in [-0.25, -0.2) is 0 Å². The summed E-state index contributed by atoms with van der Waals surface area (Å²) in [5.74, 6) is 0. The van der Waals surface area contributed by atoms with Crippen molar-refractivity contribution >= 4 is 8.80 Å². The van der Waals surface area contributed by atoms with Crippen LogP contribution in [0.15, 0.2) is 0 Å². The molecule has 0 fully saturated rings. The van der Waals surface area contributed by atoms with Crippen molar-refractivity contribution in [1.82, 2.24) is 5.32 Å². The molecule has 50 valence electrons. The van der Waals surface area contributed by atoms with Crippen molar-refractivity contribution in [3.63, 3.8) is 0 Å². The molecule has 0 aromatic heterocycles. The van der Waals surface area contributed by atoms with Crippen LogP contribution in [-0.2, 0) is 0 Å². The van der Waals surface area contributed by atoms with Crippen LogP contribution in [-0.4, -0.2) is 21.9 Å². The Morgan fingerprint density at radius 2 is 2.00 bits per heavy atom. The zero-order valence-corrected chi connectivity index (χ0v) is 7.35. The minimum atomic E-state index is -0.265. The van der Waals surface area contributed by atoms with E-state index in [-0.39, 0.29) is 8.80 Å². The largest absolute Gasteiger partial charge is 0.317 e. The van der Waals surface area contributed by atoms with Gasteiger partial charge < -0.3 is 5.32 Å². The van der Waals surface area contributed by atoms with Crippen molar-refractivity contribution in [1.29, 1.82) is 0 Å². The Kier molecular flexibility index (Phi) is 5.43. The Morgan fingerprint density at radius 3 is 2.38 bits per heavy atom. The second-order valence-electron chi connectivity index (χ2n) is 2.54. The summed E-state index contributed by atoms with van der Waals surface area (Å²) in [6.07, 6.45) is 0. The topological polar surface area (TPSA) is 12.0 Å². The molecule has 0 radical (unpaired) electrons. The molecule has 0 aliphatic heterocycles. The van der Waals surface area contributed by atoms with E-state index in [0.717, 1.165) is 6.54 Å². The monoisotopic (exact) mass is 131 g/mol. The highest BCUT2D eigenvalue weighted by Gasteiger charge is 1.91. The van der Waals surface area contributed by atoms with Gasteiger partial charge in [-0.1, -0.05) is 20.0 Å². The first kappa shape index (κ1) is 8.18. The van der Waals surface area contributed by atoms with E-state index >= 15 is 0 Å². The molecule has 0 bridgehead atoms. The second kappa shape index (κ2) is 5.32. The van der Waals surface area contributed by atoms with Crippen LogP contribution in [0, 0.1) is 0 Å². The fraction of sp³-hybridized carbons (Fsp3) is 1.00. The van der Waals surface area contributed by atoms with Crippen LogP contribution in [0.2, 0.25) is 19.1 Å².